The van der Waals surface area contributed by atoms with E-state index in [0.29, 0.717) is 17.2 Å². The van der Waals surface area contributed by atoms with Gasteiger partial charge in [-0.05, 0) is 44.6 Å². The van der Waals surface area contributed by atoms with Crippen molar-refractivity contribution >= 4 is 23.3 Å². The number of hydrogen-bond donors (Lipinski definition) is 1. The van der Waals surface area contributed by atoms with Crippen molar-refractivity contribution in [1.29, 1.82) is 0 Å². The van der Waals surface area contributed by atoms with E-state index in [0.717, 1.165) is 22.5 Å². The minimum absolute atomic E-state index is 0.554. The first kappa shape index (κ1) is 12.2. The van der Waals surface area contributed by atoms with E-state index in [4.69, 9.17) is 16.6 Å². The van der Waals surface area contributed by atoms with Crippen LogP contribution in [0.5, 0.6) is 0 Å². The molecule has 3 aromatic rings. The summed E-state index contributed by atoms with van der Waals surface area (Å²) in [7, 11) is 0. The third-order valence-corrected chi connectivity index (χ3v) is 3.68. The lowest BCUT2D eigenvalue weighted by molar-refractivity contribution is 0.458. The highest BCUT2D eigenvalue weighted by molar-refractivity contribution is 7.71. The molecule has 0 spiro atoms. The van der Waals surface area contributed by atoms with Gasteiger partial charge in [0.25, 0.3) is 0 Å². The highest BCUT2D eigenvalue weighted by atomic mass is 32.1. The number of rotatable bonds is 2. The predicted molar refractivity (Wildman–Crippen MR) is 76.9 cm³/mol. The van der Waals surface area contributed by atoms with Crippen LogP contribution in [0.1, 0.15) is 22.9 Å². The van der Waals surface area contributed by atoms with E-state index >= 15 is 0 Å². The zero-order valence-electron chi connectivity index (χ0n) is 11.2. The fourth-order valence-electron chi connectivity index (χ4n) is 2.30. The topological polar surface area (TPSA) is 46.8 Å². The molecule has 1 aromatic carbocycles. The number of benzene rings is 1. The van der Waals surface area contributed by atoms with E-state index < -0.39 is 0 Å². The van der Waals surface area contributed by atoms with E-state index in [9.17, 15) is 0 Å². The Bertz CT molecular complexity index is 790. The number of nitrogens with one attached hydrogen (secondary N) is 1. The van der Waals surface area contributed by atoms with Gasteiger partial charge in [0.1, 0.15) is 12.3 Å². The van der Waals surface area contributed by atoms with E-state index in [-0.39, 0.29) is 0 Å². The maximum Gasteiger partial charge on any atom is 0.214 e. The molecule has 0 radical (unpaired) electrons. The van der Waals surface area contributed by atoms with Crippen molar-refractivity contribution in [3.8, 4) is 0 Å². The molecule has 4 nitrogen and oxygen atoms in total. The quantitative estimate of drug-likeness (QED) is 0.725. The number of H-pyrrole nitrogens is 1. The minimum Gasteiger partial charge on any atom is -0.444 e. The standard InChI is InChI=1S/C14H15N3OS/c1-8-5-4-6-11-13(8)17(14(19)16-11)7-12-15-9(2)10(3)18-12/h4-6H,7H2,1-3H3,(H,16,19). The van der Waals surface area contributed by atoms with Gasteiger partial charge in [-0.2, -0.15) is 0 Å². The summed E-state index contributed by atoms with van der Waals surface area (Å²) in [4.78, 5) is 7.63. The molecule has 0 saturated carbocycles. The zero-order valence-corrected chi connectivity index (χ0v) is 12.0. The lowest BCUT2D eigenvalue weighted by Crippen LogP contribution is -2.01. The summed E-state index contributed by atoms with van der Waals surface area (Å²) in [6.45, 7) is 6.50. The monoisotopic (exact) mass is 273 g/mol. The molecule has 2 aromatic heterocycles. The second-order valence-electron chi connectivity index (χ2n) is 4.74. The fourth-order valence-corrected chi connectivity index (χ4v) is 2.56. The molecule has 0 amide bonds. The van der Waals surface area contributed by atoms with Crippen LogP contribution in [0.3, 0.4) is 0 Å². The Labute approximate surface area is 116 Å². The van der Waals surface area contributed by atoms with Gasteiger partial charge in [-0.1, -0.05) is 12.1 Å². The summed E-state index contributed by atoms with van der Waals surface area (Å²) in [5, 5.41) is 0. The molecule has 0 bridgehead atoms. The van der Waals surface area contributed by atoms with Gasteiger partial charge in [-0.25, -0.2) is 4.98 Å². The highest BCUT2D eigenvalue weighted by Gasteiger charge is 2.11. The number of aromatic nitrogens is 3. The molecule has 0 aliphatic carbocycles. The first-order chi connectivity index (χ1) is 9.06. The third kappa shape index (κ3) is 2.00. The second-order valence-corrected chi connectivity index (χ2v) is 5.12. The molecular weight excluding hydrogens is 258 g/mol. The smallest absolute Gasteiger partial charge is 0.214 e. The SMILES string of the molecule is Cc1nc(Cn2c(=S)[nH]c3cccc(C)c32)oc1C. The summed E-state index contributed by atoms with van der Waals surface area (Å²) in [6.07, 6.45) is 0. The molecule has 0 atom stereocenters. The number of aromatic amines is 1. The first-order valence-electron chi connectivity index (χ1n) is 6.17. The Morgan fingerprint density at radius 3 is 2.79 bits per heavy atom. The Morgan fingerprint density at radius 1 is 1.32 bits per heavy atom. The number of imidazole rings is 1. The van der Waals surface area contributed by atoms with Gasteiger partial charge in [0.2, 0.25) is 5.89 Å². The molecule has 1 N–H and O–H groups in total. The van der Waals surface area contributed by atoms with Crippen molar-refractivity contribution < 1.29 is 4.42 Å². The van der Waals surface area contributed by atoms with Gasteiger partial charge in [0.15, 0.2) is 4.77 Å². The van der Waals surface area contributed by atoms with Crippen LogP contribution < -0.4 is 0 Å². The van der Waals surface area contributed by atoms with Gasteiger partial charge in [-0.15, -0.1) is 0 Å². The predicted octanol–water partition coefficient (Wildman–Crippen LogP) is 3.66. The summed E-state index contributed by atoms with van der Waals surface area (Å²) in [5.41, 5.74) is 4.27. The van der Waals surface area contributed by atoms with E-state index in [1.165, 1.54) is 5.56 Å². The molecule has 0 aliphatic rings. The number of fused-ring (bicyclic) bond motifs is 1. The fraction of sp³-hybridized carbons (Fsp3) is 0.286. The number of para-hydroxylation sites is 1. The van der Waals surface area contributed by atoms with Crippen LogP contribution in [0.2, 0.25) is 0 Å². The average molecular weight is 273 g/mol. The normalized spacial score (nSPS) is 11.3. The van der Waals surface area contributed by atoms with Crippen LogP contribution in [0, 0.1) is 25.5 Å². The lowest BCUT2D eigenvalue weighted by Gasteiger charge is -2.03. The zero-order chi connectivity index (χ0) is 13.6. The second kappa shape index (κ2) is 4.35. The number of oxazole rings is 1. The molecule has 19 heavy (non-hydrogen) atoms. The molecular formula is C14H15N3OS. The number of hydrogen-bond acceptors (Lipinski definition) is 3. The largest absolute Gasteiger partial charge is 0.444 e. The summed E-state index contributed by atoms with van der Waals surface area (Å²) in [6, 6.07) is 6.13. The lowest BCUT2D eigenvalue weighted by atomic mass is 10.2. The van der Waals surface area contributed by atoms with Gasteiger partial charge >= 0.3 is 0 Å². The van der Waals surface area contributed by atoms with E-state index in [1.54, 1.807) is 0 Å². The maximum atomic E-state index is 5.64. The molecule has 3 rings (SSSR count). The Hall–Kier alpha value is -1.88. The van der Waals surface area contributed by atoms with Crippen LogP contribution in [-0.2, 0) is 6.54 Å². The number of nitrogens with zero attached hydrogens (tertiary/aromatic N) is 2. The van der Waals surface area contributed by atoms with E-state index in [1.807, 2.05) is 30.5 Å². The molecule has 0 saturated heterocycles. The van der Waals surface area contributed by atoms with Crippen LogP contribution in [0.15, 0.2) is 22.6 Å². The van der Waals surface area contributed by atoms with Crippen molar-refractivity contribution in [3.05, 3.63) is 45.9 Å². The van der Waals surface area contributed by atoms with Crippen molar-refractivity contribution in [2.75, 3.05) is 0 Å². The Kier molecular flexibility index (Phi) is 2.78. The average Bonchev–Trinajstić information content (AvgIpc) is 2.82. The molecule has 5 heteroatoms. The Morgan fingerprint density at radius 2 is 2.11 bits per heavy atom. The molecule has 2 heterocycles. The third-order valence-electron chi connectivity index (χ3n) is 3.36. The first-order valence-corrected chi connectivity index (χ1v) is 6.58. The molecule has 0 aliphatic heterocycles. The molecule has 0 unspecified atom stereocenters. The van der Waals surface area contributed by atoms with Crippen molar-refractivity contribution in [2.24, 2.45) is 0 Å². The van der Waals surface area contributed by atoms with Crippen LogP contribution >= 0.6 is 12.2 Å². The van der Waals surface area contributed by atoms with Gasteiger partial charge < -0.3 is 14.0 Å². The Balaban J connectivity index is 2.15. The van der Waals surface area contributed by atoms with Gasteiger partial charge in [-0.3, -0.25) is 0 Å². The highest BCUT2D eigenvalue weighted by Crippen LogP contribution is 2.20. The molecule has 0 fully saturated rings. The van der Waals surface area contributed by atoms with Crippen LogP contribution in [0.4, 0.5) is 0 Å². The van der Waals surface area contributed by atoms with E-state index in [2.05, 4.69) is 23.0 Å². The van der Waals surface area contributed by atoms with Crippen LogP contribution in [-0.4, -0.2) is 14.5 Å². The van der Waals surface area contributed by atoms with Crippen molar-refractivity contribution in [1.82, 2.24) is 14.5 Å². The minimum atomic E-state index is 0.554. The maximum absolute atomic E-state index is 5.64. The van der Waals surface area contributed by atoms with Crippen molar-refractivity contribution in [3.63, 3.8) is 0 Å². The molecule has 98 valence electrons. The number of aryl methyl sites for hydroxylation is 3. The van der Waals surface area contributed by atoms with Gasteiger partial charge in [0.05, 0.1) is 16.7 Å². The summed E-state index contributed by atoms with van der Waals surface area (Å²) in [5.74, 6) is 1.55. The summed E-state index contributed by atoms with van der Waals surface area (Å²) >= 11 is 5.39. The van der Waals surface area contributed by atoms with Crippen LogP contribution in [0.25, 0.3) is 11.0 Å². The van der Waals surface area contributed by atoms with Gasteiger partial charge in [0, 0.05) is 0 Å². The summed E-state index contributed by atoms with van der Waals surface area (Å²) < 4.78 is 8.36. The van der Waals surface area contributed by atoms with Crippen molar-refractivity contribution in [2.45, 2.75) is 27.3 Å².